The number of hydrogen-bond acceptors (Lipinski definition) is 0. The Balaban J connectivity index is 2.36. The van der Waals surface area contributed by atoms with E-state index in [9.17, 15) is 0 Å². The van der Waals surface area contributed by atoms with Gasteiger partial charge in [-0.25, -0.2) is 5.32 Å². The van der Waals surface area contributed by atoms with E-state index in [2.05, 4.69) is 17.2 Å². The predicted molar refractivity (Wildman–Crippen MR) is 24.3 cm³/mol. The number of hydrogen-bond donors (Lipinski definition) is 0. The van der Waals surface area contributed by atoms with E-state index in [1.165, 1.54) is 0 Å². The Bertz CT molecular complexity index is 75.8. The summed E-state index contributed by atoms with van der Waals surface area (Å²) in [5.74, 6) is 5.81. The van der Waals surface area contributed by atoms with Crippen molar-refractivity contribution >= 4 is 0 Å². The highest BCUT2D eigenvalue weighted by molar-refractivity contribution is 5.04. The molecule has 1 heterocycles. The summed E-state index contributed by atoms with van der Waals surface area (Å²) in [6, 6.07) is 0. The first-order valence-electron chi connectivity index (χ1n) is 2.09. The summed E-state index contributed by atoms with van der Waals surface area (Å²) < 4.78 is 0. The van der Waals surface area contributed by atoms with Crippen molar-refractivity contribution in [2.45, 2.75) is 6.42 Å². The highest BCUT2D eigenvalue weighted by Gasteiger charge is 1.85. The zero-order valence-electron chi connectivity index (χ0n) is 3.57. The maximum atomic E-state index is 4.00. The second-order valence-electron chi connectivity index (χ2n) is 1.21. The maximum Gasteiger partial charge on any atom is 0.0745 e. The summed E-state index contributed by atoms with van der Waals surface area (Å²) in [5.41, 5.74) is 0. The third-order valence-corrected chi connectivity index (χ3v) is 0.711. The van der Waals surface area contributed by atoms with E-state index in [0.717, 1.165) is 19.5 Å². The van der Waals surface area contributed by atoms with Crippen LogP contribution in [0.5, 0.6) is 0 Å². The minimum Gasteiger partial charge on any atom is -0.228 e. The molecular weight excluding hydrogens is 74.1 g/mol. The van der Waals surface area contributed by atoms with Crippen LogP contribution in [0.3, 0.4) is 0 Å². The second-order valence-corrected chi connectivity index (χ2v) is 1.21. The molecule has 0 saturated carbocycles. The highest BCUT2D eigenvalue weighted by Crippen LogP contribution is 1.77. The minimum absolute atomic E-state index is 0.764. The molecule has 6 heavy (non-hydrogen) atoms. The Morgan fingerprint density at radius 1 is 1.33 bits per heavy atom. The van der Waals surface area contributed by atoms with Gasteiger partial charge in [-0.15, -0.1) is 5.92 Å². The lowest BCUT2D eigenvalue weighted by Gasteiger charge is -1.94. The van der Waals surface area contributed by atoms with Crippen LogP contribution in [0.25, 0.3) is 0 Å². The van der Waals surface area contributed by atoms with Crippen molar-refractivity contribution in [1.82, 2.24) is 5.32 Å². The summed E-state index contributed by atoms with van der Waals surface area (Å²) in [5, 5.41) is 4.00. The van der Waals surface area contributed by atoms with E-state index in [1.54, 1.807) is 0 Å². The third kappa shape index (κ3) is 0.734. The van der Waals surface area contributed by atoms with Crippen LogP contribution in [-0.4, -0.2) is 13.1 Å². The molecule has 1 aliphatic rings. The fourth-order valence-corrected chi connectivity index (χ4v) is 0.414. The Morgan fingerprint density at radius 3 is 2.50 bits per heavy atom. The first-order valence-corrected chi connectivity index (χ1v) is 2.09. The molecule has 1 aliphatic heterocycles. The van der Waals surface area contributed by atoms with Crippen molar-refractivity contribution in [2.75, 3.05) is 13.1 Å². The summed E-state index contributed by atoms with van der Waals surface area (Å²) in [4.78, 5) is 0. The van der Waals surface area contributed by atoms with Crippen LogP contribution in [0.1, 0.15) is 6.42 Å². The fourth-order valence-electron chi connectivity index (χ4n) is 0.414. The summed E-state index contributed by atoms with van der Waals surface area (Å²) >= 11 is 0. The normalized spacial score (nSPS) is 18.7. The van der Waals surface area contributed by atoms with Crippen molar-refractivity contribution in [3.63, 3.8) is 0 Å². The monoisotopic (exact) mass is 80.1 g/mol. The lowest BCUT2D eigenvalue weighted by molar-refractivity contribution is 0.741. The third-order valence-electron chi connectivity index (χ3n) is 0.711. The topological polar surface area (TPSA) is 14.1 Å². The predicted octanol–water partition coefficient (Wildman–Crippen LogP) is -0.00210. The largest absolute Gasteiger partial charge is 0.228 e. The standard InChI is InChI=1S/C5H6N/c1-2-4-6-5-3-1/h2,4-5H2. The van der Waals surface area contributed by atoms with Gasteiger partial charge in [-0.1, -0.05) is 5.92 Å². The lowest BCUT2D eigenvalue weighted by atomic mass is 10.3. The molecular formula is C5H6N. The van der Waals surface area contributed by atoms with Crippen LogP contribution >= 0.6 is 0 Å². The molecule has 31 valence electrons. The van der Waals surface area contributed by atoms with Gasteiger partial charge < -0.3 is 0 Å². The van der Waals surface area contributed by atoms with Crippen LogP contribution < -0.4 is 5.32 Å². The van der Waals surface area contributed by atoms with Gasteiger partial charge in [0.2, 0.25) is 0 Å². The quantitative estimate of drug-likeness (QED) is 0.363. The average Bonchev–Trinajstić information content (AvgIpc) is 1.72. The summed E-state index contributed by atoms with van der Waals surface area (Å²) in [7, 11) is 0. The average molecular weight is 80.1 g/mol. The van der Waals surface area contributed by atoms with Gasteiger partial charge in [-0.2, -0.15) is 0 Å². The van der Waals surface area contributed by atoms with Gasteiger partial charge >= 0.3 is 0 Å². The second kappa shape index (κ2) is 1.84. The van der Waals surface area contributed by atoms with E-state index < -0.39 is 0 Å². The van der Waals surface area contributed by atoms with Crippen LogP contribution in [0.4, 0.5) is 0 Å². The molecule has 1 radical (unpaired) electrons. The first-order chi connectivity index (χ1) is 3.00. The SMILES string of the molecule is C1#CC[N]CC1. The van der Waals surface area contributed by atoms with E-state index in [-0.39, 0.29) is 0 Å². The molecule has 0 saturated heterocycles. The van der Waals surface area contributed by atoms with Gasteiger partial charge in [-0.3, -0.25) is 0 Å². The molecule has 0 bridgehead atoms. The molecule has 0 atom stereocenters. The fraction of sp³-hybridized carbons (Fsp3) is 0.600. The Morgan fingerprint density at radius 2 is 2.33 bits per heavy atom. The van der Waals surface area contributed by atoms with Crippen molar-refractivity contribution < 1.29 is 0 Å². The Kier molecular flexibility index (Phi) is 1.13. The van der Waals surface area contributed by atoms with Crippen molar-refractivity contribution in [2.24, 2.45) is 0 Å². The molecule has 1 rings (SSSR count). The molecule has 0 aliphatic carbocycles. The summed E-state index contributed by atoms with van der Waals surface area (Å²) in [6.07, 6.45) is 0.972. The van der Waals surface area contributed by atoms with Crippen molar-refractivity contribution in [3.8, 4) is 11.8 Å². The molecule has 0 N–H and O–H groups in total. The molecule has 0 spiro atoms. The first kappa shape index (κ1) is 3.70. The lowest BCUT2D eigenvalue weighted by Crippen LogP contribution is -2.09. The molecule has 0 aromatic carbocycles. The molecule has 1 heteroatoms. The van der Waals surface area contributed by atoms with Gasteiger partial charge in [0.1, 0.15) is 0 Å². The van der Waals surface area contributed by atoms with E-state index in [1.807, 2.05) is 0 Å². The molecule has 0 amide bonds. The van der Waals surface area contributed by atoms with Crippen LogP contribution in [0.2, 0.25) is 0 Å². The molecule has 0 fully saturated rings. The van der Waals surface area contributed by atoms with Crippen LogP contribution in [-0.2, 0) is 0 Å². The summed E-state index contributed by atoms with van der Waals surface area (Å²) in [6.45, 7) is 1.72. The van der Waals surface area contributed by atoms with Gasteiger partial charge in [0.05, 0.1) is 6.54 Å². The molecule has 0 aromatic heterocycles. The minimum atomic E-state index is 0.764. The Hall–Kier alpha value is -0.480. The van der Waals surface area contributed by atoms with Crippen LogP contribution in [0, 0.1) is 11.8 Å². The molecule has 0 unspecified atom stereocenters. The van der Waals surface area contributed by atoms with E-state index in [0.29, 0.717) is 0 Å². The van der Waals surface area contributed by atoms with Gasteiger partial charge in [-0.05, 0) is 0 Å². The van der Waals surface area contributed by atoms with Gasteiger partial charge in [0, 0.05) is 13.0 Å². The number of nitrogens with zero attached hydrogens (tertiary/aromatic N) is 1. The van der Waals surface area contributed by atoms with E-state index >= 15 is 0 Å². The maximum absolute atomic E-state index is 4.00. The number of rotatable bonds is 0. The van der Waals surface area contributed by atoms with Crippen molar-refractivity contribution in [1.29, 1.82) is 0 Å². The van der Waals surface area contributed by atoms with Crippen LogP contribution in [0.15, 0.2) is 0 Å². The molecule has 1 nitrogen and oxygen atoms in total. The smallest absolute Gasteiger partial charge is 0.0745 e. The zero-order valence-corrected chi connectivity index (χ0v) is 3.57. The van der Waals surface area contributed by atoms with E-state index in [4.69, 9.17) is 0 Å². The van der Waals surface area contributed by atoms with Gasteiger partial charge in [0.15, 0.2) is 0 Å². The Labute approximate surface area is 37.7 Å². The molecule has 0 aromatic rings. The zero-order chi connectivity index (χ0) is 4.24. The van der Waals surface area contributed by atoms with Gasteiger partial charge in [0.25, 0.3) is 0 Å². The highest BCUT2D eigenvalue weighted by atomic mass is 14.8. The van der Waals surface area contributed by atoms with Crippen molar-refractivity contribution in [3.05, 3.63) is 0 Å².